The smallest absolute Gasteiger partial charge is 0.123 e. The Morgan fingerprint density at radius 3 is 2.42 bits per heavy atom. The van der Waals surface area contributed by atoms with E-state index < -0.39 is 0 Å². The normalized spacial score (nSPS) is 27.0. The molecule has 140 valence electrons. The summed E-state index contributed by atoms with van der Waals surface area (Å²) in [5, 5.41) is 3.90. The number of hydrogen-bond donors (Lipinski definition) is 1. The average Bonchev–Trinajstić information content (AvgIpc) is 2.69. The monoisotopic (exact) mass is 354 g/mol. The summed E-state index contributed by atoms with van der Waals surface area (Å²) in [5.41, 5.74) is 2.70. The summed E-state index contributed by atoms with van der Waals surface area (Å²) in [7, 11) is 0. The van der Waals surface area contributed by atoms with Gasteiger partial charge in [-0.3, -0.25) is 4.90 Å². The van der Waals surface area contributed by atoms with Gasteiger partial charge in [-0.1, -0.05) is 48.5 Å². The van der Waals surface area contributed by atoms with Crippen molar-refractivity contribution in [2.45, 2.75) is 38.4 Å². The molecule has 3 heterocycles. The quantitative estimate of drug-likeness (QED) is 0.867. The van der Waals surface area contributed by atoms with Crippen LogP contribution in [-0.2, 0) is 6.54 Å². The molecule has 0 radical (unpaired) electrons. The molecule has 0 aliphatic carbocycles. The highest BCUT2D eigenvalue weighted by atomic mass is 16.5. The van der Waals surface area contributed by atoms with Gasteiger partial charge in [0.25, 0.3) is 0 Å². The molecule has 3 fully saturated rings. The third-order valence-corrected chi connectivity index (χ3v) is 5.76. The number of nitrogens with zero attached hydrogens (tertiary/aromatic N) is 1. The summed E-state index contributed by atoms with van der Waals surface area (Å²) in [5.74, 6) is 1.78. The Labute approximate surface area is 156 Å². The zero-order valence-corrected chi connectivity index (χ0v) is 15.5. The topological polar surface area (TPSA) is 56.0 Å². The van der Waals surface area contributed by atoms with Crippen LogP contribution in [0, 0.1) is 5.92 Å². The molecule has 26 heavy (non-hydrogen) atoms. The summed E-state index contributed by atoms with van der Waals surface area (Å²) in [6.07, 6.45) is 2.63. The highest BCUT2D eigenvalue weighted by Gasteiger charge is 2.42. The molecule has 3 saturated heterocycles. The first kappa shape index (κ1) is 18.9. The average molecular weight is 354 g/mol. The van der Waals surface area contributed by atoms with E-state index in [2.05, 4.69) is 64.8 Å². The first-order valence-corrected chi connectivity index (χ1v) is 9.60. The summed E-state index contributed by atoms with van der Waals surface area (Å²) < 4.78 is 5.80. The van der Waals surface area contributed by atoms with Crippen molar-refractivity contribution in [1.82, 2.24) is 10.2 Å². The second kappa shape index (κ2) is 8.67. The van der Waals surface area contributed by atoms with Crippen LogP contribution in [0.15, 0.2) is 54.6 Å². The Balaban J connectivity index is 0.00000196. The molecule has 2 aromatic carbocycles. The number of benzene rings is 2. The number of fused-ring (bicyclic) bond motifs is 3. The van der Waals surface area contributed by atoms with Gasteiger partial charge in [-0.05, 0) is 50.4 Å². The van der Waals surface area contributed by atoms with E-state index in [0.717, 1.165) is 18.2 Å². The third kappa shape index (κ3) is 3.78. The van der Waals surface area contributed by atoms with Crippen molar-refractivity contribution in [3.63, 3.8) is 0 Å². The Morgan fingerprint density at radius 1 is 1.00 bits per heavy atom. The van der Waals surface area contributed by atoms with E-state index in [-0.39, 0.29) is 5.48 Å². The lowest BCUT2D eigenvalue weighted by Gasteiger charge is -2.51. The first-order chi connectivity index (χ1) is 12.4. The number of hydrogen-bond acceptors (Lipinski definition) is 3. The lowest BCUT2D eigenvalue weighted by atomic mass is 9.76. The minimum absolute atomic E-state index is 0. The van der Waals surface area contributed by atoms with Crippen molar-refractivity contribution in [3.8, 4) is 5.75 Å². The van der Waals surface area contributed by atoms with Crippen LogP contribution in [-0.4, -0.2) is 36.1 Å². The van der Waals surface area contributed by atoms with E-state index in [1.165, 1.54) is 37.1 Å². The van der Waals surface area contributed by atoms with Crippen molar-refractivity contribution in [3.05, 3.63) is 65.7 Å². The van der Waals surface area contributed by atoms with Crippen LogP contribution >= 0.6 is 0 Å². The van der Waals surface area contributed by atoms with E-state index in [9.17, 15) is 0 Å². The summed E-state index contributed by atoms with van der Waals surface area (Å²) in [6, 6.07) is 20.4. The van der Waals surface area contributed by atoms with Gasteiger partial charge in [0.1, 0.15) is 5.75 Å². The fourth-order valence-corrected chi connectivity index (χ4v) is 4.56. The van der Waals surface area contributed by atoms with Crippen LogP contribution in [0.5, 0.6) is 5.75 Å². The molecule has 3 aliphatic heterocycles. The molecule has 0 amide bonds. The van der Waals surface area contributed by atoms with Gasteiger partial charge in [0, 0.05) is 18.2 Å². The fourth-order valence-electron chi connectivity index (χ4n) is 4.56. The molecular weight excluding hydrogens is 324 g/mol. The van der Waals surface area contributed by atoms with Crippen molar-refractivity contribution >= 4 is 0 Å². The van der Waals surface area contributed by atoms with E-state index in [4.69, 9.17) is 4.74 Å². The molecule has 2 bridgehead atoms. The molecule has 4 heteroatoms. The number of ether oxygens (including phenoxy) is 1. The van der Waals surface area contributed by atoms with Gasteiger partial charge in [-0.2, -0.15) is 0 Å². The summed E-state index contributed by atoms with van der Waals surface area (Å²) >= 11 is 0. The SMILES string of the molecule is CCOc1ccccc1CNC1C2CCN(CC2)C1c1ccccc1.O. The van der Waals surface area contributed by atoms with Gasteiger partial charge < -0.3 is 15.5 Å². The van der Waals surface area contributed by atoms with Crippen LogP contribution in [0.3, 0.4) is 0 Å². The van der Waals surface area contributed by atoms with E-state index in [1.807, 2.05) is 6.92 Å². The lowest BCUT2D eigenvalue weighted by molar-refractivity contribution is 0.0112. The van der Waals surface area contributed by atoms with Crippen molar-refractivity contribution in [2.75, 3.05) is 19.7 Å². The van der Waals surface area contributed by atoms with Crippen LogP contribution in [0.25, 0.3) is 0 Å². The molecule has 3 N–H and O–H groups in total. The van der Waals surface area contributed by atoms with Crippen LogP contribution in [0.1, 0.15) is 36.9 Å². The standard InChI is InChI=1S/C22H28N2O.H2O/c1-2-25-20-11-7-6-10-19(20)16-23-21-17-12-14-24(15-13-17)22(21)18-8-4-3-5-9-18;/h3-11,17,21-23H,2,12-16H2,1H3;1H2. The maximum Gasteiger partial charge on any atom is 0.123 e. The Morgan fingerprint density at radius 2 is 1.69 bits per heavy atom. The second-order valence-corrected chi connectivity index (χ2v) is 7.18. The highest BCUT2D eigenvalue weighted by Crippen LogP contribution is 2.41. The van der Waals surface area contributed by atoms with Gasteiger partial charge >= 0.3 is 0 Å². The molecule has 3 aliphatic rings. The second-order valence-electron chi connectivity index (χ2n) is 7.18. The van der Waals surface area contributed by atoms with E-state index in [0.29, 0.717) is 18.7 Å². The van der Waals surface area contributed by atoms with Crippen LogP contribution in [0.4, 0.5) is 0 Å². The van der Waals surface area contributed by atoms with Crippen LogP contribution < -0.4 is 10.1 Å². The van der Waals surface area contributed by atoms with Gasteiger partial charge in [0.15, 0.2) is 0 Å². The molecule has 2 atom stereocenters. The highest BCUT2D eigenvalue weighted by molar-refractivity contribution is 5.33. The molecule has 2 aromatic rings. The molecule has 0 spiro atoms. The summed E-state index contributed by atoms with van der Waals surface area (Å²) in [4.78, 5) is 2.67. The number of rotatable bonds is 6. The number of para-hydroxylation sites is 1. The first-order valence-electron chi connectivity index (χ1n) is 9.60. The Bertz CT molecular complexity index is 684. The molecule has 0 saturated carbocycles. The minimum Gasteiger partial charge on any atom is -0.494 e. The molecule has 4 nitrogen and oxygen atoms in total. The zero-order chi connectivity index (χ0) is 17.1. The van der Waals surface area contributed by atoms with Gasteiger partial charge in [-0.25, -0.2) is 0 Å². The maximum atomic E-state index is 5.80. The molecule has 5 rings (SSSR count). The largest absolute Gasteiger partial charge is 0.494 e. The van der Waals surface area contributed by atoms with Crippen molar-refractivity contribution in [2.24, 2.45) is 5.92 Å². The van der Waals surface area contributed by atoms with Crippen molar-refractivity contribution in [1.29, 1.82) is 0 Å². The lowest BCUT2D eigenvalue weighted by Crippen LogP contribution is -2.57. The van der Waals surface area contributed by atoms with Crippen molar-refractivity contribution < 1.29 is 10.2 Å². The van der Waals surface area contributed by atoms with E-state index >= 15 is 0 Å². The Kier molecular flexibility index (Phi) is 6.30. The molecule has 0 aromatic heterocycles. The number of nitrogens with one attached hydrogen (secondary N) is 1. The molecular formula is C22H30N2O2. The maximum absolute atomic E-state index is 5.80. The Hall–Kier alpha value is -1.88. The fraction of sp³-hybridized carbons (Fsp3) is 0.455. The summed E-state index contributed by atoms with van der Waals surface area (Å²) in [6.45, 7) is 6.09. The third-order valence-electron chi connectivity index (χ3n) is 5.76. The van der Waals surface area contributed by atoms with Gasteiger partial charge in [0.05, 0.1) is 12.6 Å². The minimum atomic E-state index is 0. The molecule has 2 unspecified atom stereocenters. The predicted molar refractivity (Wildman–Crippen MR) is 105 cm³/mol. The number of piperidine rings is 3. The zero-order valence-electron chi connectivity index (χ0n) is 15.5. The van der Waals surface area contributed by atoms with Gasteiger partial charge in [0.2, 0.25) is 0 Å². The van der Waals surface area contributed by atoms with Crippen LogP contribution in [0.2, 0.25) is 0 Å². The van der Waals surface area contributed by atoms with E-state index in [1.54, 1.807) is 0 Å². The predicted octanol–water partition coefficient (Wildman–Crippen LogP) is 3.19. The van der Waals surface area contributed by atoms with Gasteiger partial charge in [-0.15, -0.1) is 0 Å².